The van der Waals surface area contributed by atoms with E-state index in [4.69, 9.17) is 10.8 Å². The maximum atomic E-state index is 11.3. The summed E-state index contributed by atoms with van der Waals surface area (Å²) in [5.41, 5.74) is 5.39. The summed E-state index contributed by atoms with van der Waals surface area (Å²) < 4.78 is 22.7. The first-order chi connectivity index (χ1) is 6.86. The molecule has 0 atom stereocenters. The van der Waals surface area contributed by atoms with Gasteiger partial charge in [-0.1, -0.05) is 6.07 Å². The van der Waals surface area contributed by atoms with Crippen molar-refractivity contribution in [2.75, 3.05) is 6.26 Å². The normalized spacial score (nSPS) is 11.3. The number of carbonyl (C=O) groups excluding carboxylic acids is 1. The topological polar surface area (TPSA) is 97.5 Å². The van der Waals surface area contributed by atoms with Crippen LogP contribution in [-0.2, 0) is 16.4 Å². The zero-order valence-electron chi connectivity index (χ0n) is 8.10. The first-order valence-corrected chi connectivity index (χ1v) is 5.99. The van der Waals surface area contributed by atoms with Crippen LogP contribution in [-0.4, -0.2) is 25.7 Å². The molecule has 3 N–H and O–H groups in total. The van der Waals surface area contributed by atoms with Gasteiger partial charge in [-0.2, -0.15) is 0 Å². The summed E-state index contributed by atoms with van der Waals surface area (Å²) in [6.45, 7) is -0.290. The molecule has 0 heterocycles. The van der Waals surface area contributed by atoms with Gasteiger partial charge in [0, 0.05) is 6.26 Å². The lowest BCUT2D eigenvalue weighted by Gasteiger charge is -2.06. The quantitative estimate of drug-likeness (QED) is 0.742. The second kappa shape index (κ2) is 4.00. The molecule has 5 nitrogen and oxygen atoms in total. The van der Waals surface area contributed by atoms with Gasteiger partial charge < -0.3 is 10.8 Å². The van der Waals surface area contributed by atoms with Crippen LogP contribution in [0.25, 0.3) is 0 Å². The third-order valence-corrected chi connectivity index (χ3v) is 3.03. The summed E-state index contributed by atoms with van der Waals surface area (Å²) in [5.74, 6) is -0.806. The van der Waals surface area contributed by atoms with Crippen molar-refractivity contribution in [3.63, 3.8) is 0 Å². The Morgan fingerprint density at radius 3 is 2.47 bits per heavy atom. The van der Waals surface area contributed by atoms with Gasteiger partial charge in [0.15, 0.2) is 9.84 Å². The smallest absolute Gasteiger partial charge is 0.250 e. The molecule has 0 aliphatic rings. The molecule has 0 saturated carbocycles. The molecule has 0 unspecified atom stereocenters. The SMILES string of the molecule is CS(=O)(=O)c1cc(CO)ccc1C(N)=O. The van der Waals surface area contributed by atoms with Gasteiger partial charge in [-0.15, -0.1) is 0 Å². The summed E-state index contributed by atoms with van der Waals surface area (Å²) in [6, 6.07) is 3.99. The largest absolute Gasteiger partial charge is 0.392 e. The standard InChI is InChI=1S/C9H11NO4S/c1-15(13,14)8-4-6(5-11)2-3-7(8)9(10)12/h2-4,11H,5H2,1H3,(H2,10,12). The zero-order chi connectivity index (χ0) is 11.6. The fraction of sp³-hybridized carbons (Fsp3) is 0.222. The minimum Gasteiger partial charge on any atom is -0.392 e. The summed E-state index contributed by atoms with van der Waals surface area (Å²) >= 11 is 0. The molecule has 1 rings (SSSR count). The minimum absolute atomic E-state index is 0.0605. The highest BCUT2D eigenvalue weighted by Crippen LogP contribution is 2.17. The van der Waals surface area contributed by atoms with Crippen LogP contribution in [0.3, 0.4) is 0 Å². The predicted molar refractivity (Wildman–Crippen MR) is 54.0 cm³/mol. The van der Waals surface area contributed by atoms with E-state index in [1.807, 2.05) is 0 Å². The molecular formula is C9H11NO4S. The van der Waals surface area contributed by atoms with E-state index < -0.39 is 15.7 Å². The maximum absolute atomic E-state index is 11.3. The second-order valence-corrected chi connectivity index (χ2v) is 5.11. The van der Waals surface area contributed by atoms with Crippen molar-refractivity contribution in [3.8, 4) is 0 Å². The van der Waals surface area contributed by atoms with Crippen LogP contribution in [0, 0.1) is 0 Å². The van der Waals surface area contributed by atoms with Gasteiger partial charge >= 0.3 is 0 Å². The van der Waals surface area contributed by atoms with E-state index >= 15 is 0 Å². The van der Waals surface area contributed by atoms with E-state index in [1.54, 1.807) is 0 Å². The van der Waals surface area contributed by atoms with Gasteiger partial charge in [0.1, 0.15) is 0 Å². The molecule has 0 aromatic heterocycles. The molecule has 15 heavy (non-hydrogen) atoms. The third kappa shape index (κ3) is 2.54. The fourth-order valence-corrected chi connectivity index (χ4v) is 2.11. The Morgan fingerprint density at radius 1 is 1.47 bits per heavy atom. The molecule has 1 aromatic rings. The number of rotatable bonds is 3. The number of aliphatic hydroxyl groups excluding tert-OH is 1. The Labute approximate surface area is 87.4 Å². The minimum atomic E-state index is -3.52. The van der Waals surface area contributed by atoms with Crippen LogP contribution in [0.4, 0.5) is 0 Å². The monoisotopic (exact) mass is 229 g/mol. The number of hydrogen-bond donors (Lipinski definition) is 2. The number of benzene rings is 1. The van der Waals surface area contributed by atoms with E-state index in [1.165, 1.54) is 18.2 Å². The van der Waals surface area contributed by atoms with Crippen molar-refractivity contribution in [1.29, 1.82) is 0 Å². The fourth-order valence-electron chi connectivity index (χ4n) is 1.18. The third-order valence-electron chi connectivity index (χ3n) is 1.89. The highest BCUT2D eigenvalue weighted by atomic mass is 32.2. The van der Waals surface area contributed by atoms with Crippen molar-refractivity contribution in [2.24, 2.45) is 5.73 Å². The Hall–Kier alpha value is -1.40. The van der Waals surface area contributed by atoms with E-state index in [9.17, 15) is 13.2 Å². The van der Waals surface area contributed by atoms with E-state index in [0.29, 0.717) is 5.56 Å². The lowest BCUT2D eigenvalue weighted by atomic mass is 10.1. The highest BCUT2D eigenvalue weighted by molar-refractivity contribution is 7.90. The molecule has 1 aromatic carbocycles. The number of aliphatic hydroxyl groups is 1. The lowest BCUT2D eigenvalue weighted by Crippen LogP contribution is -2.16. The number of sulfone groups is 1. The molecule has 1 amide bonds. The number of carbonyl (C=O) groups is 1. The predicted octanol–water partition coefficient (Wildman–Crippen LogP) is -0.319. The molecule has 0 spiro atoms. The Kier molecular flexibility index (Phi) is 3.11. The van der Waals surface area contributed by atoms with Gasteiger partial charge in [0.25, 0.3) is 0 Å². The number of primary amides is 1. The Balaban J connectivity index is 3.50. The number of nitrogens with two attached hydrogens (primary N) is 1. The van der Waals surface area contributed by atoms with Gasteiger partial charge in [-0.05, 0) is 17.7 Å². The van der Waals surface area contributed by atoms with E-state index in [0.717, 1.165) is 6.26 Å². The maximum Gasteiger partial charge on any atom is 0.250 e. The lowest BCUT2D eigenvalue weighted by molar-refractivity contribution is 0.0997. The molecule has 6 heteroatoms. The van der Waals surface area contributed by atoms with Crippen molar-refractivity contribution in [3.05, 3.63) is 29.3 Å². The van der Waals surface area contributed by atoms with Gasteiger partial charge in [-0.3, -0.25) is 4.79 Å². The average molecular weight is 229 g/mol. The van der Waals surface area contributed by atoms with Crippen LogP contribution in [0.5, 0.6) is 0 Å². The summed E-state index contributed by atoms with van der Waals surface area (Å²) in [4.78, 5) is 10.8. The molecule has 0 aliphatic carbocycles. The average Bonchev–Trinajstić information content (AvgIpc) is 2.15. The van der Waals surface area contributed by atoms with Crippen LogP contribution < -0.4 is 5.73 Å². The highest BCUT2D eigenvalue weighted by Gasteiger charge is 2.17. The van der Waals surface area contributed by atoms with E-state index in [-0.39, 0.29) is 17.1 Å². The molecular weight excluding hydrogens is 218 g/mol. The van der Waals surface area contributed by atoms with Gasteiger partial charge in [0.05, 0.1) is 17.1 Å². The first-order valence-electron chi connectivity index (χ1n) is 4.10. The summed E-state index contributed by atoms with van der Waals surface area (Å²) in [5, 5.41) is 8.85. The van der Waals surface area contributed by atoms with Crippen LogP contribution >= 0.6 is 0 Å². The second-order valence-electron chi connectivity index (χ2n) is 3.13. The van der Waals surface area contributed by atoms with Crippen LogP contribution in [0.15, 0.2) is 23.1 Å². The van der Waals surface area contributed by atoms with E-state index in [2.05, 4.69) is 0 Å². The molecule has 0 saturated heterocycles. The molecule has 0 aliphatic heterocycles. The molecule has 0 radical (unpaired) electrons. The van der Waals surface area contributed by atoms with Crippen LogP contribution in [0.2, 0.25) is 0 Å². The number of amides is 1. The van der Waals surface area contributed by atoms with Crippen LogP contribution in [0.1, 0.15) is 15.9 Å². The van der Waals surface area contributed by atoms with Crippen molar-refractivity contribution in [1.82, 2.24) is 0 Å². The Bertz CT molecular complexity index is 493. The zero-order valence-corrected chi connectivity index (χ0v) is 8.91. The van der Waals surface area contributed by atoms with Crippen molar-refractivity contribution in [2.45, 2.75) is 11.5 Å². The molecule has 82 valence electrons. The Morgan fingerprint density at radius 2 is 2.07 bits per heavy atom. The summed E-state index contributed by atoms with van der Waals surface area (Å²) in [7, 11) is -3.52. The first kappa shape index (κ1) is 11.7. The van der Waals surface area contributed by atoms with Gasteiger partial charge in [-0.25, -0.2) is 8.42 Å². The molecule has 0 bridgehead atoms. The van der Waals surface area contributed by atoms with Crippen molar-refractivity contribution >= 4 is 15.7 Å². The van der Waals surface area contributed by atoms with Crippen molar-refractivity contribution < 1.29 is 18.3 Å². The summed E-state index contributed by atoms with van der Waals surface area (Å²) in [6.07, 6.45) is 0.982. The molecule has 0 fully saturated rings. The number of hydrogen-bond acceptors (Lipinski definition) is 4. The van der Waals surface area contributed by atoms with Gasteiger partial charge in [0.2, 0.25) is 5.91 Å².